The van der Waals surface area contributed by atoms with Gasteiger partial charge in [-0.15, -0.1) is 53.6 Å². The van der Waals surface area contributed by atoms with Gasteiger partial charge in [0.15, 0.2) is 0 Å². The second-order valence-electron chi connectivity index (χ2n) is 14.2. The van der Waals surface area contributed by atoms with E-state index in [9.17, 15) is 0 Å². The first-order chi connectivity index (χ1) is 25.8. The van der Waals surface area contributed by atoms with Crippen molar-refractivity contribution in [3.63, 3.8) is 0 Å². The van der Waals surface area contributed by atoms with Crippen LogP contribution in [0.4, 0.5) is 0 Å². The summed E-state index contributed by atoms with van der Waals surface area (Å²) in [6.07, 6.45) is 3.86. The average Bonchev–Trinajstić information content (AvgIpc) is 3.56. The van der Waals surface area contributed by atoms with Gasteiger partial charge in [0, 0.05) is 42.0 Å². The molecule has 0 unspecified atom stereocenters. The number of rotatable bonds is 6. The molecule has 0 aliphatic rings. The summed E-state index contributed by atoms with van der Waals surface area (Å²) in [5.74, 6) is 0.403. The molecule has 0 saturated carbocycles. The summed E-state index contributed by atoms with van der Waals surface area (Å²) in [5, 5.41) is 3.40. The van der Waals surface area contributed by atoms with Crippen molar-refractivity contribution in [2.75, 3.05) is 0 Å². The van der Waals surface area contributed by atoms with Crippen LogP contribution < -0.4 is 5.19 Å². The molecule has 0 aliphatic heterocycles. The number of hydrogen-bond acceptors (Lipinski definition) is 3. The van der Waals surface area contributed by atoms with Gasteiger partial charge in [-0.3, -0.25) is 0 Å². The summed E-state index contributed by atoms with van der Waals surface area (Å²) >= 11 is 0. The topological polar surface area (TPSA) is 38.9 Å². The van der Waals surface area contributed by atoms with Crippen LogP contribution in [-0.4, -0.2) is 18.0 Å². The van der Waals surface area contributed by atoms with Crippen LogP contribution in [0.2, 0.25) is 19.6 Å². The van der Waals surface area contributed by atoms with Gasteiger partial charge in [0.05, 0.1) is 13.7 Å². The molecular formula is C47H42IrN2OSi-2. The molecule has 1 radical (unpaired) electrons. The largest absolute Gasteiger partial charge is 0.501 e. The Bertz CT molecular complexity index is 2560. The Morgan fingerprint density at radius 1 is 0.673 bits per heavy atom. The second-order valence-corrected chi connectivity index (χ2v) is 19.2. The molecule has 0 bridgehead atoms. The zero-order valence-electron chi connectivity index (χ0n) is 33.0. The normalized spacial score (nSPS) is 12.4. The maximum atomic E-state index is 7.69. The first kappa shape index (κ1) is 32.9. The fourth-order valence-electron chi connectivity index (χ4n) is 6.17. The maximum Gasteiger partial charge on any atom is 0.121 e. The van der Waals surface area contributed by atoms with Gasteiger partial charge in [0.25, 0.3) is 0 Å². The van der Waals surface area contributed by atoms with E-state index in [0.717, 1.165) is 55.6 Å². The van der Waals surface area contributed by atoms with Gasteiger partial charge >= 0.3 is 0 Å². The van der Waals surface area contributed by atoms with Crippen LogP contribution in [0.5, 0.6) is 0 Å². The van der Waals surface area contributed by atoms with Gasteiger partial charge in [0.2, 0.25) is 0 Å². The average molecular weight is 874 g/mol. The molecule has 8 rings (SSSR count). The number of nitrogens with zero attached hydrogens (tertiary/aromatic N) is 2. The van der Waals surface area contributed by atoms with E-state index in [4.69, 9.17) is 8.53 Å². The van der Waals surface area contributed by atoms with Gasteiger partial charge in [-0.1, -0.05) is 140 Å². The Balaban J connectivity index is 0.000000196. The number of pyridine rings is 2. The van der Waals surface area contributed by atoms with Crippen molar-refractivity contribution in [3.05, 3.63) is 163 Å². The van der Waals surface area contributed by atoms with Crippen LogP contribution in [0.25, 0.3) is 66.7 Å². The Kier molecular flexibility index (Phi) is 9.98. The van der Waals surface area contributed by atoms with Crippen LogP contribution >= 0.6 is 0 Å². The fraction of sp³-hybridized carbons (Fsp3) is 0.149. The third-order valence-electron chi connectivity index (χ3n) is 9.15. The van der Waals surface area contributed by atoms with Crippen LogP contribution in [0.3, 0.4) is 0 Å². The first-order valence-corrected chi connectivity index (χ1v) is 20.8. The SMILES string of the molecule is C[Si](C)(C)c1ccc(-c2[c-]ccc(-c3ccccc3)c2)nc1.[2H]C([2H])([2H])c1cccc(-c2ccc3c(c2)oc2c(-c4cc(C(C)C)ccn4)[c-]ccc23)c1.[Ir]. The van der Waals surface area contributed by atoms with E-state index in [1.165, 1.54) is 21.9 Å². The van der Waals surface area contributed by atoms with Crippen molar-refractivity contribution >= 4 is 35.2 Å². The first-order valence-electron chi connectivity index (χ1n) is 18.8. The molecule has 0 spiro atoms. The summed E-state index contributed by atoms with van der Waals surface area (Å²) < 4.78 is 29.4. The van der Waals surface area contributed by atoms with Crippen molar-refractivity contribution in [2.45, 2.75) is 46.3 Å². The molecule has 0 atom stereocenters. The van der Waals surface area contributed by atoms with Crippen molar-refractivity contribution in [2.24, 2.45) is 0 Å². The van der Waals surface area contributed by atoms with Crippen LogP contribution in [-0.2, 0) is 20.1 Å². The van der Waals surface area contributed by atoms with E-state index in [0.29, 0.717) is 11.5 Å². The molecule has 5 aromatic carbocycles. The van der Waals surface area contributed by atoms with E-state index in [1.807, 2.05) is 67.0 Å². The molecule has 0 amide bonds. The monoisotopic (exact) mass is 874 g/mol. The zero-order valence-corrected chi connectivity index (χ0v) is 33.4. The van der Waals surface area contributed by atoms with Crippen molar-refractivity contribution < 1.29 is 28.6 Å². The third-order valence-corrected chi connectivity index (χ3v) is 11.2. The van der Waals surface area contributed by atoms with Gasteiger partial charge in [0.1, 0.15) is 5.58 Å². The summed E-state index contributed by atoms with van der Waals surface area (Å²) in [4.78, 5) is 9.22. The number of hydrogen-bond donors (Lipinski definition) is 0. The molecule has 3 nitrogen and oxygen atoms in total. The molecule has 0 saturated heterocycles. The number of fused-ring (bicyclic) bond motifs is 3. The summed E-state index contributed by atoms with van der Waals surface area (Å²) in [6, 6.07) is 48.7. The Morgan fingerprint density at radius 3 is 2.19 bits per heavy atom. The van der Waals surface area contributed by atoms with Gasteiger partial charge < -0.3 is 14.4 Å². The minimum Gasteiger partial charge on any atom is -0.501 e. The minimum atomic E-state index is -2.14. The number of furan rings is 1. The number of benzene rings is 5. The van der Waals surface area contributed by atoms with Crippen molar-refractivity contribution in [1.82, 2.24) is 9.97 Å². The predicted octanol–water partition coefficient (Wildman–Crippen LogP) is 12.3. The molecule has 0 fully saturated rings. The molecular weight excluding hydrogens is 829 g/mol. The summed E-state index contributed by atoms with van der Waals surface area (Å²) in [7, 11) is -1.29. The molecule has 0 N–H and O–H groups in total. The van der Waals surface area contributed by atoms with Crippen LogP contribution in [0.1, 0.15) is 35.0 Å². The number of aryl methyl sites for hydroxylation is 1. The molecule has 5 heteroatoms. The van der Waals surface area contributed by atoms with E-state index in [1.54, 1.807) is 18.2 Å². The van der Waals surface area contributed by atoms with Gasteiger partial charge in [-0.25, -0.2) is 0 Å². The van der Waals surface area contributed by atoms with E-state index in [2.05, 4.69) is 110 Å². The van der Waals surface area contributed by atoms with Gasteiger partial charge in [-0.2, -0.15) is 0 Å². The van der Waals surface area contributed by atoms with E-state index in [-0.39, 0.29) is 20.1 Å². The number of aromatic nitrogens is 2. The Labute approximate surface area is 326 Å². The quantitative estimate of drug-likeness (QED) is 0.123. The Hall–Kier alpha value is -4.93. The molecule has 3 aromatic heterocycles. The molecule has 0 aliphatic carbocycles. The molecule has 261 valence electrons. The minimum absolute atomic E-state index is 0. The Morgan fingerprint density at radius 2 is 1.44 bits per heavy atom. The predicted molar refractivity (Wildman–Crippen MR) is 217 cm³/mol. The fourth-order valence-corrected chi connectivity index (χ4v) is 7.21. The van der Waals surface area contributed by atoms with Crippen LogP contribution in [0.15, 0.2) is 144 Å². The molecule has 52 heavy (non-hydrogen) atoms. The summed E-state index contributed by atoms with van der Waals surface area (Å²) in [5.41, 5.74) is 10.9. The maximum absolute atomic E-state index is 7.69. The van der Waals surface area contributed by atoms with E-state index < -0.39 is 14.9 Å². The second kappa shape index (κ2) is 15.8. The summed E-state index contributed by atoms with van der Waals surface area (Å²) in [6.45, 7) is 9.20. The van der Waals surface area contributed by atoms with Crippen molar-refractivity contribution in [3.8, 4) is 44.8 Å². The van der Waals surface area contributed by atoms with Crippen molar-refractivity contribution in [1.29, 1.82) is 0 Å². The third kappa shape index (κ3) is 8.08. The standard InChI is InChI=1S/C27H22NO.C20H20NSi.Ir/c1-17(2)19-12-13-28-25(15-19)24-9-5-8-23-22-11-10-21(16-26(22)29-27(23)24)20-7-4-6-18(3)14-20;1-22(2,3)19-12-13-20(21-15-19)18-11-7-10-17(14-18)16-8-5-4-6-9-16;/h4-8,10-17H,1-3H3;4-10,12-15H,1-3H3;/q2*-1;/i3D3;;. The van der Waals surface area contributed by atoms with Crippen LogP contribution in [0, 0.1) is 19.0 Å². The smallest absolute Gasteiger partial charge is 0.121 e. The zero-order chi connectivity index (χ0) is 38.0. The molecule has 8 aromatic rings. The van der Waals surface area contributed by atoms with E-state index >= 15 is 0 Å². The van der Waals surface area contributed by atoms with Gasteiger partial charge in [-0.05, 0) is 58.2 Å². The molecule has 3 heterocycles.